The summed E-state index contributed by atoms with van der Waals surface area (Å²) in [6, 6.07) is 7.96. The van der Waals surface area contributed by atoms with E-state index in [1.165, 1.54) is 38.5 Å². The summed E-state index contributed by atoms with van der Waals surface area (Å²) in [6.07, 6.45) is 9.08. The molecule has 8 heteroatoms. The number of nitrogens with one attached hydrogen (secondary N) is 1. The predicted molar refractivity (Wildman–Crippen MR) is 117 cm³/mol. The standard InChI is InChI=1S/C20H26BrN7/c21-17-10-4-3-9-16(17)15-22-26-18-23-19(27-11-5-1-6-12-27)25-20(24-18)28-13-7-2-8-14-28/h3-4,9-10,15H,1-2,5-8,11-14H2,(H,23,24,25,26)/b22-15+. The molecule has 2 aliphatic rings. The Labute approximate surface area is 174 Å². The van der Waals surface area contributed by atoms with Gasteiger partial charge in [0.2, 0.25) is 17.8 Å². The van der Waals surface area contributed by atoms with Crippen LogP contribution in [0.1, 0.15) is 44.1 Å². The van der Waals surface area contributed by atoms with Gasteiger partial charge in [0, 0.05) is 36.2 Å². The number of hydrogen-bond donors (Lipinski definition) is 1. The topological polar surface area (TPSA) is 69.5 Å². The Kier molecular flexibility index (Phi) is 6.36. The average molecular weight is 444 g/mol. The highest BCUT2D eigenvalue weighted by Crippen LogP contribution is 2.22. The summed E-state index contributed by atoms with van der Waals surface area (Å²) in [5.41, 5.74) is 4.01. The highest BCUT2D eigenvalue weighted by Gasteiger charge is 2.20. The average Bonchev–Trinajstić information content (AvgIpc) is 2.76. The second-order valence-electron chi connectivity index (χ2n) is 7.25. The molecule has 3 heterocycles. The second kappa shape index (κ2) is 9.32. The molecule has 0 bridgehead atoms. The maximum atomic E-state index is 4.79. The van der Waals surface area contributed by atoms with Crippen LogP contribution >= 0.6 is 15.9 Å². The molecule has 28 heavy (non-hydrogen) atoms. The van der Waals surface area contributed by atoms with Crippen LogP contribution in [0, 0.1) is 0 Å². The first-order valence-corrected chi connectivity index (χ1v) is 10.9. The summed E-state index contributed by atoms with van der Waals surface area (Å²) in [5, 5.41) is 4.35. The molecular weight excluding hydrogens is 418 g/mol. The first kappa shape index (κ1) is 19.1. The largest absolute Gasteiger partial charge is 0.341 e. The zero-order valence-electron chi connectivity index (χ0n) is 16.0. The van der Waals surface area contributed by atoms with Crippen molar-refractivity contribution in [1.82, 2.24) is 15.0 Å². The number of hydrazone groups is 1. The minimum atomic E-state index is 0.499. The molecule has 1 N–H and O–H groups in total. The van der Waals surface area contributed by atoms with E-state index in [4.69, 9.17) is 4.98 Å². The molecule has 0 unspecified atom stereocenters. The minimum absolute atomic E-state index is 0.499. The van der Waals surface area contributed by atoms with Crippen molar-refractivity contribution in [1.29, 1.82) is 0 Å². The fraction of sp³-hybridized carbons (Fsp3) is 0.500. The monoisotopic (exact) mass is 443 g/mol. The third-order valence-electron chi connectivity index (χ3n) is 5.16. The van der Waals surface area contributed by atoms with Gasteiger partial charge in [-0.15, -0.1) is 0 Å². The predicted octanol–water partition coefficient (Wildman–Crippen LogP) is 4.06. The van der Waals surface area contributed by atoms with E-state index in [-0.39, 0.29) is 0 Å². The molecule has 0 atom stereocenters. The quantitative estimate of drug-likeness (QED) is 0.554. The summed E-state index contributed by atoms with van der Waals surface area (Å²) in [6.45, 7) is 4.01. The van der Waals surface area contributed by atoms with Crippen molar-refractivity contribution in [2.75, 3.05) is 41.4 Å². The number of hydrogen-bond acceptors (Lipinski definition) is 7. The summed E-state index contributed by atoms with van der Waals surface area (Å²) >= 11 is 3.54. The van der Waals surface area contributed by atoms with E-state index in [1.54, 1.807) is 6.21 Å². The summed E-state index contributed by atoms with van der Waals surface area (Å²) in [5.74, 6) is 2.02. The molecule has 2 aromatic rings. The Balaban J connectivity index is 1.56. The molecule has 0 saturated carbocycles. The van der Waals surface area contributed by atoms with Crippen molar-refractivity contribution in [3.05, 3.63) is 34.3 Å². The van der Waals surface area contributed by atoms with Gasteiger partial charge in [-0.05, 0) is 44.6 Å². The summed E-state index contributed by atoms with van der Waals surface area (Å²) < 4.78 is 0.999. The van der Waals surface area contributed by atoms with Crippen LogP contribution in [0.3, 0.4) is 0 Å². The van der Waals surface area contributed by atoms with Crippen molar-refractivity contribution < 1.29 is 0 Å². The molecular formula is C20H26BrN7. The van der Waals surface area contributed by atoms with Gasteiger partial charge in [-0.25, -0.2) is 5.43 Å². The molecule has 148 valence electrons. The van der Waals surface area contributed by atoms with E-state index in [1.807, 2.05) is 24.3 Å². The third kappa shape index (κ3) is 4.79. The smallest absolute Gasteiger partial charge is 0.250 e. The Morgan fingerprint density at radius 2 is 1.39 bits per heavy atom. The van der Waals surface area contributed by atoms with E-state index in [0.29, 0.717) is 5.95 Å². The van der Waals surface area contributed by atoms with Crippen LogP contribution in [0.5, 0.6) is 0 Å². The van der Waals surface area contributed by atoms with Gasteiger partial charge in [-0.3, -0.25) is 0 Å². The SMILES string of the molecule is Brc1ccccc1/C=N/Nc1nc(N2CCCCC2)nc(N2CCCCC2)n1. The molecule has 1 aromatic carbocycles. The fourth-order valence-electron chi connectivity index (χ4n) is 3.61. The first-order valence-electron chi connectivity index (χ1n) is 10.1. The molecule has 0 amide bonds. The minimum Gasteiger partial charge on any atom is -0.341 e. The van der Waals surface area contributed by atoms with Crippen LogP contribution in [-0.2, 0) is 0 Å². The maximum absolute atomic E-state index is 4.79. The highest BCUT2D eigenvalue weighted by molar-refractivity contribution is 9.10. The molecule has 4 rings (SSSR count). The number of rotatable bonds is 5. The molecule has 1 aromatic heterocycles. The van der Waals surface area contributed by atoms with Gasteiger partial charge in [-0.1, -0.05) is 34.1 Å². The van der Waals surface area contributed by atoms with Gasteiger partial charge >= 0.3 is 0 Å². The lowest BCUT2D eigenvalue weighted by Crippen LogP contribution is -2.34. The molecule has 7 nitrogen and oxygen atoms in total. The zero-order valence-corrected chi connectivity index (χ0v) is 17.6. The van der Waals surface area contributed by atoms with E-state index in [9.17, 15) is 0 Å². The third-order valence-corrected chi connectivity index (χ3v) is 5.89. The molecule has 2 aliphatic heterocycles. The van der Waals surface area contributed by atoms with Gasteiger partial charge in [0.15, 0.2) is 0 Å². The Morgan fingerprint density at radius 1 is 0.821 bits per heavy atom. The van der Waals surface area contributed by atoms with Crippen molar-refractivity contribution in [3.63, 3.8) is 0 Å². The van der Waals surface area contributed by atoms with E-state index >= 15 is 0 Å². The van der Waals surface area contributed by atoms with Crippen molar-refractivity contribution >= 4 is 40.0 Å². The lowest BCUT2D eigenvalue weighted by Gasteiger charge is -2.30. The summed E-state index contributed by atoms with van der Waals surface area (Å²) in [7, 11) is 0. The van der Waals surface area contributed by atoms with Crippen LogP contribution in [0.4, 0.5) is 17.8 Å². The lowest BCUT2D eigenvalue weighted by atomic mass is 10.1. The number of aromatic nitrogens is 3. The fourth-order valence-corrected chi connectivity index (χ4v) is 4.00. The van der Waals surface area contributed by atoms with Crippen LogP contribution in [0.15, 0.2) is 33.8 Å². The number of nitrogens with zero attached hydrogens (tertiary/aromatic N) is 6. The van der Waals surface area contributed by atoms with Crippen LogP contribution in [-0.4, -0.2) is 47.3 Å². The molecule has 2 fully saturated rings. The maximum Gasteiger partial charge on any atom is 0.250 e. The number of benzene rings is 1. The van der Waals surface area contributed by atoms with Crippen molar-refractivity contribution in [2.45, 2.75) is 38.5 Å². The van der Waals surface area contributed by atoms with Gasteiger partial charge < -0.3 is 9.80 Å². The molecule has 2 saturated heterocycles. The molecule has 0 radical (unpaired) electrons. The van der Waals surface area contributed by atoms with Crippen LogP contribution < -0.4 is 15.2 Å². The van der Waals surface area contributed by atoms with Crippen molar-refractivity contribution in [3.8, 4) is 0 Å². The van der Waals surface area contributed by atoms with Gasteiger partial charge in [-0.2, -0.15) is 20.1 Å². The first-order chi connectivity index (χ1) is 13.8. The van der Waals surface area contributed by atoms with Crippen LogP contribution in [0.2, 0.25) is 0 Å². The van der Waals surface area contributed by atoms with Crippen molar-refractivity contribution in [2.24, 2.45) is 5.10 Å². The molecule has 0 spiro atoms. The Bertz CT molecular complexity index is 778. The van der Waals surface area contributed by atoms with Crippen LogP contribution in [0.25, 0.3) is 0 Å². The number of anilines is 3. The van der Waals surface area contributed by atoms with E-state index in [0.717, 1.165) is 48.1 Å². The van der Waals surface area contributed by atoms with Gasteiger partial charge in [0.05, 0.1) is 6.21 Å². The second-order valence-corrected chi connectivity index (χ2v) is 8.10. The van der Waals surface area contributed by atoms with E-state index < -0.39 is 0 Å². The highest BCUT2D eigenvalue weighted by atomic mass is 79.9. The summed E-state index contributed by atoms with van der Waals surface area (Å²) in [4.78, 5) is 18.6. The molecule has 0 aliphatic carbocycles. The number of piperidine rings is 2. The number of halogens is 1. The van der Waals surface area contributed by atoms with E-state index in [2.05, 4.69) is 46.2 Å². The van der Waals surface area contributed by atoms with Gasteiger partial charge in [0.1, 0.15) is 0 Å². The normalized spacial score (nSPS) is 17.9. The Hall–Kier alpha value is -2.22. The van der Waals surface area contributed by atoms with Gasteiger partial charge in [0.25, 0.3) is 0 Å². The zero-order chi connectivity index (χ0) is 19.2. The lowest BCUT2D eigenvalue weighted by molar-refractivity contribution is 0.556. The Morgan fingerprint density at radius 3 is 1.96 bits per heavy atom.